The molecule has 0 atom stereocenters. The molecule has 2 aliphatic rings. The Hall–Kier alpha value is -3.51. The smallest absolute Gasteiger partial charge is 0.223 e. The lowest BCUT2D eigenvalue weighted by Crippen LogP contribution is -2.29. The van der Waals surface area contributed by atoms with E-state index in [4.69, 9.17) is 28.9 Å². The van der Waals surface area contributed by atoms with Gasteiger partial charge in [-0.3, -0.25) is 4.79 Å². The Balaban J connectivity index is 0.000000199. The summed E-state index contributed by atoms with van der Waals surface area (Å²) in [4.78, 5) is 23.3. The molecule has 0 saturated carbocycles. The third kappa shape index (κ3) is 9.11. The molecule has 0 bridgehead atoms. The van der Waals surface area contributed by atoms with Gasteiger partial charge in [0.25, 0.3) is 0 Å². The Bertz CT molecular complexity index is 1750. The minimum atomic E-state index is -0.481. The first-order valence-corrected chi connectivity index (χ1v) is 18.7. The van der Waals surface area contributed by atoms with Crippen molar-refractivity contribution in [2.45, 2.75) is 98.4 Å². The number of imidazole rings is 2. The number of carbonyl (C=O) groups is 1. The molecule has 4 heterocycles. The molecule has 11 heteroatoms. The first-order valence-electron chi connectivity index (χ1n) is 18.7. The number of benzene rings is 2. The zero-order chi connectivity index (χ0) is 36.8. The molecule has 2 saturated heterocycles. The van der Waals surface area contributed by atoms with Crippen molar-refractivity contribution in [2.24, 2.45) is 11.8 Å². The second kappa shape index (κ2) is 16.9. The number of anilines is 2. The SMILES string of the molecule is CCOC(C)(C)c1nc2cc(N(C)C(C)=O)ccc2n1CC1CCOCC1.CCOC(C)(C)c1nc2cc(NC)ccc2n1CC1CCOCC1. The Morgan fingerprint density at radius 3 is 1.69 bits per heavy atom. The number of hydrogen-bond acceptors (Lipinski definition) is 8. The number of rotatable bonds is 12. The topological polar surface area (TPSA) is 105 Å². The van der Waals surface area contributed by atoms with E-state index in [0.717, 1.165) is 105 Å². The van der Waals surface area contributed by atoms with Crippen molar-refractivity contribution < 1.29 is 23.7 Å². The summed E-state index contributed by atoms with van der Waals surface area (Å²) in [5.74, 6) is 3.17. The predicted molar refractivity (Wildman–Crippen MR) is 204 cm³/mol. The van der Waals surface area contributed by atoms with E-state index in [-0.39, 0.29) is 5.91 Å². The number of nitrogens with one attached hydrogen (secondary N) is 1. The van der Waals surface area contributed by atoms with Gasteiger partial charge in [-0.05, 0) is 115 Å². The van der Waals surface area contributed by atoms with E-state index in [1.807, 2.05) is 33.0 Å². The maximum absolute atomic E-state index is 11.7. The fraction of sp³-hybridized carbons (Fsp3) is 0.625. The van der Waals surface area contributed by atoms with Gasteiger partial charge < -0.3 is 38.3 Å². The van der Waals surface area contributed by atoms with Crippen LogP contribution in [-0.4, -0.2) is 78.7 Å². The number of aromatic nitrogens is 4. The third-order valence-corrected chi connectivity index (χ3v) is 10.3. The third-order valence-electron chi connectivity index (χ3n) is 10.3. The Labute approximate surface area is 304 Å². The van der Waals surface area contributed by atoms with Crippen molar-refractivity contribution >= 4 is 39.3 Å². The summed E-state index contributed by atoms with van der Waals surface area (Å²) in [6.07, 6.45) is 4.37. The summed E-state index contributed by atoms with van der Waals surface area (Å²) >= 11 is 0. The van der Waals surface area contributed by atoms with Crippen LogP contribution in [0.3, 0.4) is 0 Å². The van der Waals surface area contributed by atoms with E-state index in [0.29, 0.717) is 25.0 Å². The molecule has 1 amide bonds. The summed E-state index contributed by atoms with van der Waals surface area (Å²) < 4.78 is 27.7. The van der Waals surface area contributed by atoms with Gasteiger partial charge in [0.05, 0.1) is 22.1 Å². The normalized spacial score (nSPS) is 16.3. The van der Waals surface area contributed by atoms with Crippen molar-refractivity contribution in [3.8, 4) is 0 Å². The van der Waals surface area contributed by atoms with Crippen molar-refractivity contribution in [3.63, 3.8) is 0 Å². The fourth-order valence-corrected chi connectivity index (χ4v) is 7.31. The monoisotopic (exact) mass is 704 g/mol. The van der Waals surface area contributed by atoms with Crippen LogP contribution < -0.4 is 10.2 Å². The molecular formula is C40H60N6O5. The van der Waals surface area contributed by atoms with Crippen LogP contribution in [0.1, 0.15) is 85.8 Å². The highest BCUT2D eigenvalue weighted by molar-refractivity contribution is 5.93. The predicted octanol–water partition coefficient (Wildman–Crippen LogP) is 7.49. The number of fused-ring (bicyclic) bond motifs is 2. The lowest BCUT2D eigenvalue weighted by molar-refractivity contribution is -0.116. The van der Waals surface area contributed by atoms with Crippen LogP contribution in [0.4, 0.5) is 11.4 Å². The molecule has 2 aromatic heterocycles. The summed E-state index contributed by atoms with van der Waals surface area (Å²) in [7, 11) is 3.72. The second-order valence-electron chi connectivity index (χ2n) is 14.8. The van der Waals surface area contributed by atoms with Crippen molar-refractivity contribution in [1.82, 2.24) is 19.1 Å². The number of hydrogen-bond donors (Lipinski definition) is 1. The van der Waals surface area contributed by atoms with Gasteiger partial charge in [-0.25, -0.2) is 9.97 Å². The second-order valence-corrected chi connectivity index (χ2v) is 14.8. The highest BCUT2D eigenvalue weighted by atomic mass is 16.5. The van der Waals surface area contributed by atoms with E-state index < -0.39 is 11.2 Å². The molecule has 4 aromatic rings. The average Bonchev–Trinajstić information content (AvgIpc) is 3.67. The van der Waals surface area contributed by atoms with Crippen LogP contribution in [0.25, 0.3) is 22.1 Å². The van der Waals surface area contributed by atoms with Gasteiger partial charge in [-0.15, -0.1) is 0 Å². The van der Waals surface area contributed by atoms with Crippen LogP contribution in [-0.2, 0) is 48.0 Å². The quantitative estimate of drug-likeness (QED) is 0.162. The molecular weight excluding hydrogens is 644 g/mol. The van der Waals surface area contributed by atoms with E-state index in [2.05, 4.69) is 66.4 Å². The summed E-state index contributed by atoms with van der Waals surface area (Å²) in [6.45, 7) is 20.5. The van der Waals surface area contributed by atoms with Gasteiger partial charge in [0.15, 0.2) is 0 Å². The van der Waals surface area contributed by atoms with Crippen molar-refractivity contribution in [1.29, 1.82) is 0 Å². The molecule has 1 N–H and O–H groups in total. The minimum absolute atomic E-state index is 0.00542. The highest BCUT2D eigenvalue weighted by Crippen LogP contribution is 2.33. The van der Waals surface area contributed by atoms with Crippen molar-refractivity contribution in [2.75, 3.05) is 64.0 Å². The van der Waals surface area contributed by atoms with Crippen LogP contribution in [0.5, 0.6) is 0 Å². The van der Waals surface area contributed by atoms with Gasteiger partial charge in [-0.1, -0.05) is 0 Å². The summed E-state index contributed by atoms with van der Waals surface area (Å²) in [5.41, 5.74) is 5.25. The van der Waals surface area contributed by atoms with Gasteiger partial charge in [-0.2, -0.15) is 0 Å². The lowest BCUT2D eigenvalue weighted by atomic mass is 9.99. The molecule has 2 fully saturated rings. The molecule has 0 unspecified atom stereocenters. The number of ether oxygens (including phenoxy) is 4. The standard InChI is InChI=1S/C21H31N3O3.C19H29N3O2/c1-6-27-21(3,4)20-22-18-13-17(23(5)15(2)25)7-8-19(18)24(20)14-16-9-11-26-12-10-16;1-5-24-19(2,3)18-21-16-12-15(20-4)6-7-17(16)22(18)13-14-8-10-23-11-9-14/h7-8,13,16H,6,9-12,14H2,1-5H3;6-7,12,14,20H,5,8-11,13H2,1-4H3. The lowest BCUT2D eigenvalue weighted by Gasteiger charge is -2.28. The first kappa shape index (κ1) is 38.7. The van der Waals surface area contributed by atoms with Gasteiger partial charge >= 0.3 is 0 Å². The van der Waals surface area contributed by atoms with Crippen LogP contribution in [0.15, 0.2) is 36.4 Å². The largest absolute Gasteiger partial charge is 0.388 e. The maximum Gasteiger partial charge on any atom is 0.223 e. The number of nitrogens with zero attached hydrogens (tertiary/aromatic N) is 5. The highest BCUT2D eigenvalue weighted by Gasteiger charge is 2.31. The molecule has 280 valence electrons. The van der Waals surface area contributed by atoms with Crippen LogP contribution in [0, 0.1) is 11.8 Å². The van der Waals surface area contributed by atoms with Crippen LogP contribution in [0.2, 0.25) is 0 Å². The van der Waals surface area contributed by atoms with Gasteiger partial charge in [0, 0.05) is 85.1 Å². The average molecular weight is 705 g/mol. The molecule has 51 heavy (non-hydrogen) atoms. The van der Waals surface area contributed by atoms with Crippen LogP contribution >= 0.6 is 0 Å². The maximum atomic E-state index is 11.7. The molecule has 2 aliphatic heterocycles. The van der Waals surface area contributed by atoms with Gasteiger partial charge in [0.2, 0.25) is 5.91 Å². The van der Waals surface area contributed by atoms with E-state index in [9.17, 15) is 4.79 Å². The van der Waals surface area contributed by atoms with E-state index in [1.54, 1.807) is 18.9 Å². The molecule has 11 nitrogen and oxygen atoms in total. The minimum Gasteiger partial charge on any atom is -0.388 e. The zero-order valence-electron chi connectivity index (χ0n) is 32.4. The van der Waals surface area contributed by atoms with Crippen molar-refractivity contribution in [3.05, 3.63) is 48.0 Å². The first-order chi connectivity index (χ1) is 24.4. The molecule has 6 rings (SSSR count). The molecule has 2 aromatic carbocycles. The number of amides is 1. The molecule has 0 aliphatic carbocycles. The van der Waals surface area contributed by atoms with Gasteiger partial charge in [0.1, 0.15) is 22.9 Å². The fourth-order valence-electron chi connectivity index (χ4n) is 7.31. The Kier molecular flexibility index (Phi) is 12.8. The Morgan fingerprint density at radius 1 is 0.804 bits per heavy atom. The Morgan fingerprint density at radius 2 is 1.25 bits per heavy atom. The van der Waals surface area contributed by atoms with E-state index >= 15 is 0 Å². The summed E-state index contributed by atoms with van der Waals surface area (Å²) in [6, 6.07) is 12.4. The molecule has 0 spiro atoms. The zero-order valence-corrected chi connectivity index (χ0v) is 32.4. The number of carbonyl (C=O) groups excluding carboxylic acids is 1. The molecule has 0 radical (unpaired) electrons. The van der Waals surface area contributed by atoms with E-state index in [1.165, 1.54) is 5.52 Å². The summed E-state index contributed by atoms with van der Waals surface area (Å²) in [5, 5.41) is 3.20.